The van der Waals surface area contributed by atoms with Crippen LogP contribution in [0.3, 0.4) is 0 Å². The summed E-state index contributed by atoms with van der Waals surface area (Å²) in [4.78, 5) is 12.1. The molecule has 1 atom stereocenters. The third kappa shape index (κ3) is 2.72. The third-order valence-electron chi connectivity index (χ3n) is 4.35. The quantitative estimate of drug-likeness (QED) is 0.899. The molecule has 1 aliphatic heterocycles. The average Bonchev–Trinajstić information content (AvgIpc) is 2.80. The number of primary amides is 1. The summed E-state index contributed by atoms with van der Waals surface area (Å²) in [7, 11) is 0. The van der Waals surface area contributed by atoms with E-state index in [0.29, 0.717) is 22.1 Å². The highest BCUT2D eigenvalue weighted by Gasteiger charge is 2.46. The Morgan fingerprint density at radius 3 is 2.50 bits per heavy atom. The number of nitrogens with two attached hydrogens (primary N) is 1. The summed E-state index contributed by atoms with van der Waals surface area (Å²) in [6.45, 7) is 3.69. The fourth-order valence-electron chi connectivity index (χ4n) is 3.17. The molecule has 2 N–H and O–H groups in total. The van der Waals surface area contributed by atoms with E-state index < -0.39 is 11.3 Å². The normalized spacial score (nSPS) is 21.9. The molecule has 0 fully saturated rings. The summed E-state index contributed by atoms with van der Waals surface area (Å²) in [5, 5.41) is 0.598. The van der Waals surface area contributed by atoms with Gasteiger partial charge in [-0.1, -0.05) is 54.1 Å². The van der Waals surface area contributed by atoms with Gasteiger partial charge in [-0.15, -0.1) is 0 Å². The second-order valence-electron chi connectivity index (χ2n) is 5.95. The first-order chi connectivity index (χ1) is 11.4. The summed E-state index contributed by atoms with van der Waals surface area (Å²) < 4.78 is 5.95. The van der Waals surface area contributed by atoms with Crippen molar-refractivity contribution in [3.05, 3.63) is 87.8 Å². The van der Waals surface area contributed by atoms with Gasteiger partial charge in [0.05, 0.1) is 11.0 Å². The van der Waals surface area contributed by atoms with Gasteiger partial charge in [0.1, 0.15) is 11.5 Å². The Balaban J connectivity index is 2.21. The molecule has 122 valence electrons. The number of carbonyl (C=O) groups excluding carboxylic acids is 1. The zero-order valence-corrected chi connectivity index (χ0v) is 14.3. The largest absolute Gasteiger partial charge is 0.465 e. The molecular formula is C20H18ClNO2. The van der Waals surface area contributed by atoms with E-state index in [9.17, 15) is 4.79 Å². The number of halogens is 1. The maximum absolute atomic E-state index is 12.1. The molecule has 0 bridgehead atoms. The van der Waals surface area contributed by atoms with Crippen LogP contribution in [-0.4, -0.2) is 5.91 Å². The van der Waals surface area contributed by atoms with Crippen molar-refractivity contribution in [3.8, 4) is 0 Å². The summed E-state index contributed by atoms with van der Waals surface area (Å²) in [5.41, 5.74) is 7.18. The standard InChI is InChI=1S/C20H18ClNO2/c1-13-18(19(22)23)20(2,15-9-6-10-16(21)12-15)17(24-13)11-14-7-4-3-5-8-14/h3-12H,1-2H3,(H2,22,23)/b17-11-. The molecule has 4 heteroatoms. The van der Waals surface area contributed by atoms with Gasteiger partial charge in [0.25, 0.3) is 0 Å². The Morgan fingerprint density at radius 2 is 1.88 bits per heavy atom. The molecule has 1 amide bonds. The van der Waals surface area contributed by atoms with E-state index in [4.69, 9.17) is 22.1 Å². The Labute approximate surface area is 146 Å². The zero-order valence-electron chi connectivity index (χ0n) is 13.5. The zero-order chi connectivity index (χ0) is 17.3. The van der Waals surface area contributed by atoms with E-state index in [1.54, 1.807) is 13.0 Å². The summed E-state index contributed by atoms with van der Waals surface area (Å²) in [5.74, 6) is 0.681. The monoisotopic (exact) mass is 339 g/mol. The van der Waals surface area contributed by atoms with Crippen molar-refractivity contribution >= 4 is 23.6 Å². The minimum Gasteiger partial charge on any atom is -0.465 e. The van der Waals surface area contributed by atoms with Crippen molar-refractivity contribution in [2.75, 3.05) is 0 Å². The van der Waals surface area contributed by atoms with Gasteiger partial charge >= 0.3 is 0 Å². The minimum absolute atomic E-state index is 0.451. The second kappa shape index (κ2) is 6.17. The van der Waals surface area contributed by atoms with E-state index >= 15 is 0 Å². The van der Waals surface area contributed by atoms with E-state index in [0.717, 1.165) is 11.1 Å². The average molecular weight is 340 g/mol. The number of carbonyl (C=O) groups is 1. The van der Waals surface area contributed by atoms with Crippen LogP contribution in [0.5, 0.6) is 0 Å². The molecule has 1 heterocycles. The molecule has 0 saturated carbocycles. The maximum atomic E-state index is 12.1. The Hall–Kier alpha value is -2.52. The van der Waals surface area contributed by atoms with Crippen molar-refractivity contribution in [3.63, 3.8) is 0 Å². The lowest BCUT2D eigenvalue weighted by Crippen LogP contribution is -2.32. The van der Waals surface area contributed by atoms with Gasteiger partial charge in [-0.25, -0.2) is 0 Å². The summed E-state index contributed by atoms with van der Waals surface area (Å²) in [6.07, 6.45) is 1.93. The van der Waals surface area contributed by atoms with Gasteiger partial charge in [-0.05, 0) is 43.2 Å². The van der Waals surface area contributed by atoms with Crippen molar-refractivity contribution in [1.29, 1.82) is 0 Å². The van der Waals surface area contributed by atoms with E-state index in [2.05, 4.69) is 0 Å². The van der Waals surface area contributed by atoms with Crippen LogP contribution < -0.4 is 5.73 Å². The highest BCUT2D eigenvalue weighted by atomic mass is 35.5. The molecule has 24 heavy (non-hydrogen) atoms. The Kier molecular flexibility index (Phi) is 4.20. The predicted octanol–water partition coefficient (Wildman–Crippen LogP) is 4.43. The minimum atomic E-state index is -0.781. The number of hydrogen-bond donors (Lipinski definition) is 1. The van der Waals surface area contributed by atoms with Gasteiger partial charge in [-0.2, -0.15) is 0 Å². The van der Waals surface area contributed by atoms with Gasteiger partial charge in [0, 0.05) is 5.02 Å². The molecule has 3 nitrogen and oxygen atoms in total. The topological polar surface area (TPSA) is 52.3 Å². The molecule has 0 aromatic heterocycles. The fraction of sp³-hybridized carbons (Fsp3) is 0.150. The third-order valence-corrected chi connectivity index (χ3v) is 4.59. The van der Waals surface area contributed by atoms with Crippen molar-refractivity contribution in [2.24, 2.45) is 5.73 Å². The second-order valence-corrected chi connectivity index (χ2v) is 6.39. The number of benzene rings is 2. The molecule has 0 spiro atoms. The lowest BCUT2D eigenvalue weighted by atomic mass is 9.74. The molecule has 0 radical (unpaired) electrons. The first kappa shape index (κ1) is 16.3. The molecule has 1 unspecified atom stereocenters. The number of allylic oxidation sites excluding steroid dienone is 2. The molecule has 1 aliphatic rings. The van der Waals surface area contributed by atoms with Crippen molar-refractivity contribution in [2.45, 2.75) is 19.3 Å². The molecule has 3 rings (SSSR count). The fourth-order valence-corrected chi connectivity index (χ4v) is 3.36. The lowest BCUT2D eigenvalue weighted by Gasteiger charge is -2.27. The van der Waals surface area contributed by atoms with Crippen LogP contribution >= 0.6 is 11.6 Å². The number of ether oxygens (including phenoxy) is 1. The van der Waals surface area contributed by atoms with Crippen LogP contribution in [0.4, 0.5) is 0 Å². The smallest absolute Gasteiger partial charge is 0.249 e. The van der Waals surface area contributed by atoms with Crippen LogP contribution in [0.25, 0.3) is 6.08 Å². The van der Waals surface area contributed by atoms with Gasteiger partial charge < -0.3 is 10.5 Å². The number of rotatable bonds is 3. The van der Waals surface area contributed by atoms with Gasteiger partial charge in [-0.3, -0.25) is 4.79 Å². The predicted molar refractivity (Wildman–Crippen MR) is 96.2 cm³/mol. The SMILES string of the molecule is CC1=C(C(N)=O)C(C)(c2cccc(Cl)c2)/C(=C/c2ccccc2)O1. The van der Waals surface area contributed by atoms with Gasteiger partial charge in [0.2, 0.25) is 5.91 Å². The molecule has 2 aromatic carbocycles. The van der Waals surface area contributed by atoms with E-state index in [1.165, 1.54) is 0 Å². The molecule has 0 saturated heterocycles. The highest BCUT2D eigenvalue weighted by molar-refractivity contribution is 6.30. The van der Waals surface area contributed by atoms with Crippen LogP contribution in [-0.2, 0) is 14.9 Å². The number of hydrogen-bond acceptors (Lipinski definition) is 2. The first-order valence-electron chi connectivity index (χ1n) is 7.65. The molecule has 0 aliphatic carbocycles. The molecule has 2 aromatic rings. The Bertz CT molecular complexity index is 855. The van der Waals surface area contributed by atoms with Crippen LogP contribution in [0.1, 0.15) is 25.0 Å². The highest BCUT2D eigenvalue weighted by Crippen LogP contribution is 2.48. The molecular weight excluding hydrogens is 322 g/mol. The summed E-state index contributed by atoms with van der Waals surface area (Å²) in [6, 6.07) is 17.2. The van der Waals surface area contributed by atoms with Crippen LogP contribution in [0, 0.1) is 0 Å². The first-order valence-corrected chi connectivity index (χ1v) is 8.03. The van der Waals surface area contributed by atoms with Crippen molar-refractivity contribution in [1.82, 2.24) is 0 Å². The van der Waals surface area contributed by atoms with Crippen LogP contribution in [0.15, 0.2) is 71.7 Å². The van der Waals surface area contributed by atoms with Gasteiger partial charge in [0.15, 0.2) is 0 Å². The maximum Gasteiger partial charge on any atom is 0.249 e. The Morgan fingerprint density at radius 1 is 1.17 bits per heavy atom. The van der Waals surface area contributed by atoms with E-state index in [1.807, 2.05) is 61.5 Å². The lowest BCUT2D eigenvalue weighted by molar-refractivity contribution is -0.115. The number of amides is 1. The van der Waals surface area contributed by atoms with Crippen LogP contribution in [0.2, 0.25) is 5.02 Å². The summed E-state index contributed by atoms with van der Waals surface area (Å²) >= 11 is 6.16. The van der Waals surface area contributed by atoms with Crippen molar-refractivity contribution < 1.29 is 9.53 Å². The van der Waals surface area contributed by atoms with E-state index in [-0.39, 0.29) is 0 Å².